The Kier molecular flexibility index (Phi) is 4.76. The van der Waals surface area contributed by atoms with E-state index < -0.39 is 10.0 Å². The molecule has 0 unspecified atom stereocenters. The Morgan fingerprint density at radius 2 is 1.65 bits per heavy atom. The molecule has 1 saturated heterocycles. The summed E-state index contributed by atoms with van der Waals surface area (Å²) in [4.78, 5) is 0.229. The summed E-state index contributed by atoms with van der Waals surface area (Å²) in [6.45, 7) is 2.33. The van der Waals surface area contributed by atoms with Gasteiger partial charge in [-0.1, -0.05) is 0 Å². The van der Waals surface area contributed by atoms with Crippen LogP contribution in [0.4, 0.5) is 0 Å². The molecule has 0 radical (unpaired) electrons. The molecular weight excluding hydrogens is 264 g/mol. The summed E-state index contributed by atoms with van der Waals surface area (Å²) in [5.41, 5.74) is 0. The molecule has 2 N–H and O–H groups in total. The normalized spacial score (nSPS) is 17.4. The van der Waals surface area contributed by atoms with Gasteiger partial charge in [0.1, 0.15) is 5.75 Å². The molecule has 96 valence electrons. The lowest BCUT2D eigenvalue weighted by atomic mass is 10.3. The molecular formula is C10H15ClN2O3S. The van der Waals surface area contributed by atoms with E-state index >= 15 is 0 Å². The van der Waals surface area contributed by atoms with Crippen molar-refractivity contribution in [1.82, 2.24) is 9.62 Å². The zero-order valence-electron chi connectivity index (χ0n) is 9.17. The molecule has 1 aliphatic rings. The highest BCUT2D eigenvalue weighted by atomic mass is 35.5. The van der Waals surface area contributed by atoms with Crippen molar-refractivity contribution in [2.24, 2.45) is 0 Å². The van der Waals surface area contributed by atoms with E-state index in [-0.39, 0.29) is 23.1 Å². The molecule has 0 bridgehead atoms. The summed E-state index contributed by atoms with van der Waals surface area (Å²) in [6, 6.07) is 5.61. The second-order valence-electron chi connectivity index (χ2n) is 3.65. The van der Waals surface area contributed by atoms with Crippen LogP contribution in [0, 0.1) is 0 Å². The number of nitrogens with zero attached hydrogens (tertiary/aromatic N) is 1. The van der Waals surface area contributed by atoms with Gasteiger partial charge in [0.15, 0.2) is 0 Å². The molecule has 0 amide bonds. The van der Waals surface area contributed by atoms with Gasteiger partial charge in [-0.25, -0.2) is 8.42 Å². The lowest BCUT2D eigenvalue weighted by Crippen LogP contribution is -2.46. The van der Waals surface area contributed by atoms with E-state index in [9.17, 15) is 8.42 Å². The van der Waals surface area contributed by atoms with Gasteiger partial charge in [0.05, 0.1) is 4.90 Å². The molecule has 0 aliphatic carbocycles. The van der Waals surface area contributed by atoms with E-state index in [4.69, 9.17) is 5.11 Å². The number of sulfonamides is 1. The predicted molar refractivity (Wildman–Crippen MR) is 67.0 cm³/mol. The van der Waals surface area contributed by atoms with Crippen LogP contribution in [0.1, 0.15) is 0 Å². The van der Waals surface area contributed by atoms with Gasteiger partial charge in [-0.05, 0) is 24.3 Å². The molecule has 17 heavy (non-hydrogen) atoms. The largest absolute Gasteiger partial charge is 0.508 e. The summed E-state index contributed by atoms with van der Waals surface area (Å²) in [5, 5.41) is 12.2. The third-order valence-electron chi connectivity index (χ3n) is 2.55. The van der Waals surface area contributed by atoms with Crippen LogP contribution in [0.25, 0.3) is 0 Å². The average molecular weight is 279 g/mol. The summed E-state index contributed by atoms with van der Waals surface area (Å²) in [6.07, 6.45) is 0. The molecule has 1 aromatic rings. The van der Waals surface area contributed by atoms with Gasteiger partial charge in [-0.2, -0.15) is 4.31 Å². The molecule has 1 heterocycles. The topological polar surface area (TPSA) is 69.6 Å². The first-order chi connectivity index (χ1) is 7.60. The van der Waals surface area contributed by atoms with Gasteiger partial charge in [-0.15, -0.1) is 12.4 Å². The van der Waals surface area contributed by atoms with E-state index in [0.717, 1.165) is 0 Å². The zero-order valence-corrected chi connectivity index (χ0v) is 10.8. The average Bonchev–Trinajstić information content (AvgIpc) is 2.31. The van der Waals surface area contributed by atoms with Crippen molar-refractivity contribution in [3.8, 4) is 5.75 Å². The van der Waals surface area contributed by atoms with Crippen molar-refractivity contribution >= 4 is 22.4 Å². The van der Waals surface area contributed by atoms with Gasteiger partial charge < -0.3 is 10.4 Å². The number of phenols is 1. The Bertz CT molecular complexity index is 455. The number of phenolic OH excluding ortho intramolecular Hbond substituents is 1. The molecule has 0 saturated carbocycles. The standard InChI is InChI=1S/C10H14N2O3S.ClH/c13-9-1-3-10(4-2-9)16(14,15)12-7-5-11-6-8-12;/h1-4,11,13H,5-8H2;1H. The fourth-order valence-corrected chi connectivity index (χ4v) is 3.09. The van der Waals surface area contributed by atoms with Gasteiger partial charge >= 0.3 is 0 Å². The molecule has 0 spiro atoms. The quantitative estimate of drug-likeness (QED) is 0.822. The van der Waals surface area contributed by atoms with E-state index in [0.29, 0.717) is 26.2 Å². The van der Waals surface area contributed by atoms with E-state index in [2.05, 4.69) is 5.32 Å². The number of hydrogen-bond donors (Lipinski definition) is 2. The number of benzene rings is 1. The van der Waals surface area contributed by atoms with E-state index in [1.54, 1.807) is 0 Å². The number of hydrogen-bond acceptors (Lipinski definition) is 4. The summed E-state index contributed by atoms with van der Waals surface area (Å²) < 4.78 is 25.7. The first-order valence-corrected chi connectivity index (χ1v) is 6.54. The van der Waals surface area contributed by atoms with Crippen LogP contribution in [0.5, 0.6) is 5.75 Å². The molecule has 0 atom stereocenters. The van der Waals surface area contributed by atoms with Crippen molar-refractivity contribution < 1.29 is 13.5 Å². The summed E-state index contributed by atoms with van der Waals surface area (Å²) in [5.74, 6) is 0.0688. The molecule has 7 heteroatoms. The highest BCUT2D eigenvalue weighted by Crippen LogP contribution is 2.18. The Labute approximate surface area is 107 Å². The van der Waals surface area contributed by atoms with Crippen molar-refractivity contribution in [1.29, 1.82) is 0 Å². The monoisotopic (exact) mass is 278 g/mol. The number of piperazine rings is 1. The van der Waals surface area contributed by atoms with Gasteiger partial charge in [0.2, 0.25) is 10.0 Å². The third-order valence-corrected chi connectivity index (χ3v) is 4.46. The van der Waals surface area contributed by atoms with Crippen LogP contribution in [0.2, 0.25) is 0 Å². The van der Waals surface area contributed by atoms with Gasteiger partial charge in [0, 0.05) is 26.2 Å². The van der Waals surface area contributed by atoms with Crippen molar-refractivity contribution in [3.63, 3.8) is 0 Å². The van der Waals surface area contributed by atoms with Crippen LogP contribution in [-0.2, 0) is 10.0 Å². The van der Waals surface area contributed by atoms with E-state index in [1.165, 1.54) is 28.6 Å². The highest BCUT2D eigenvalue weighted by Gasteiger charge is 2.25. The Morgan fingerprint density at radius 1 is 1.12 bits per heavy atom. The summed E-state index contributed by atoms with van der Waals surface area (Å²) in [7, 11) is -3.40. The lowest BCUT2D eigenvalue weighted by Gasteiger charge is -2.26. The minimum Gasteiger partial charge on any atom is -0.508 e. The van der Waals surface area contributed by atoms with Gasteiger partial charge in [-0.3, -0.25) is 0 Å². The predicted octanol–water partition coefficient (Wildman–Crippen LogP) is 0.408. The van der Waals surface area contributed by atoms with Crippen LogP contribution < -0.4 is 5.32 Å². The molecule has 1 fully saturated rings. The number of aromatic hydroxyl groups is 1. The minimum absolute atomic E-state index is 0. The van der Waals surface area contributed by atoms with Crippen LogP contribution >= 0.6 is 12.4 Å². The second kappa shape index (κ2) is 5.68. The number of rotatable bonds is 2. The zero-order chi connectivity index (χ0) is 11.6. The fraction of sp³-hybridized carbons (Fsp3) is 0.400. The maximum absolute atomic E-state index is 12.1. The fourth-order valence-electron chi connectivity index (χ4n) is 1.65. The van der Waals surface area contributed by atoms with E-state index in [1.807, 2.05) is 0 Å². The Morgan fingerprint density at radius 3 is 2.18 bits per heavy atom. The first-order valence-electron chi connectivity index (χ1n) is 5.10. The molecule has 1 aromatic carbocycles. The molecule has 5 nitrogen and oxygen atoms in total. The van der Waals surface area contributed by atoms with Gasteiger partial charge in [0.25, 0.3) is 0 Å². The van der Waals surface area contributed by atoms with Crippen LogP contribution in [0.3, 0.4) is 0 Å². The maximum atomic E-state index is 12.1. The molecule has 2 rings (SSSR count). The summed E-state index contributed by atoms with van der Waals surface area (Å²) >= 11 is 0. The number of halogens is 1. The Hall–Kier alpha value is -0.820. The maximum Gasteiger partial charge on any atom is 0.243 e. The van der Waals surface area contributed by atoms with Crippen molar-refractivity contribution in [3.05, 3.63) is 24.3 Å². The smallest absolute Gasteiger partial charge is 0.243 e. The van der Waals surface area contributed by atoms with Crippen molar-refractivity contribution in [2.45, 2.75) is 4.90 Å². The third kappa shape index (κ3) is 3.10. The number of nitrogens with one attached hydrogen (secondary N) is 1. The van der Waals surface area contributed by atoms with Crippen LogP contribution in [0.15, 0.2) is 29.2 Å². The van der Waals surface area contributed by atoms with Crippen LogP contribution in [-0.4, -0.2) is 44.0 Å². The lowest BCUT2D eigenvalue weighted by molar-refractivity contribution is 0.360. The minimum atomic E-state index is -3.40. The second-order valence-corrected chi connectivity index (χ2v) is 5.59. The van der Waals surface area contributed by atoms with Crippen molar-refractivity contribution in [2.75, 3.05) is 26.2 Å². The molecule has 1 aliphatic heterocycles. The first kappa shape index (κ1) is 14.2. The molecule has 0 aromatic heterocycles. The Balaban J connectivity index is 0.00000144. The highest BCUT2D eigenvalue weighted by molar-refractivity contribution is 7.89. The SMILES string of the molecule is Cl.O=S(=O)(c1ccc(O)cc1)N1CCNCC1.